The summed E-state index contributed by atoms with van der Waals surface area (Å²) in [5, 5.41) is 2.52. The molecule has 1 amide bonds. The van der Waals surface area contributed by atoms with Gasteiger partial charge in [0, 0.05) is 20.1 Å². The topological polar surface area (TPSA) is 90.9 Å². The summed E-state index contributed by atoms with van der Waals surface area (Å²) in [7, 11) is -1.93. The van der Waals surface area contributed by atoms with E-state index in [1.165, 1.54) is 13.6 Å². The number of rotatable bonds is 8. The molecule has 128 valence electrons. The third-order valence-corrected chi connectivity index (χ3v) is 4.00. The second-order valence-corrected chi connectivity index (χ2v) is 6.64. The quantitative estimate of drug-likeness (QED) is 0.317. The number of nitrogens with one attached hydrogen (secondary N) is 1. The Kier molecular flexibility index (Phi) is 9.16. The van der Waals surface area contributed by atoms with Crippen LogP contribution in [0, 0.1) is 5.92 Å². The highest BCUT2D eigenvalue weighted by atomic mass is 31.1. The third-order valence-electron chi connectivity index (χ3n) is 3.39. The van der Waals surface area contributed by atoms with Gasteiger partial charge < -0.3 is 19.3 Å². The van der Waals surface area contributed by atoms with Crippen LogP contribution in [0.5, 0.6) is 0 Å². The van der Waals surface area contributed by atoms with Crippen molar-refractivity contribution in [1.29, 1.82) is 0 Å². The zero-order valence-corrected chi connectivity index (χ0v) is 14.3. The van der Waals surface area contributed by atoms with Crippen molar-refractivity contribution in [3.05, 3.63) is 0 Å². The van der Waals surface area contributed by atoms with Crippen LogP contribution in [0.15, 0.2) is 0 Å². The second kappa shape index (κ2) is 10.6. The molecule has 2 unspecified atom stereocenters. The van der Waals surface area contributed by atoms with Gasteiger partial charge in [0.25, 0.3) is 0 Å². The summed E-state index contributed by atoms with van der Waals surface area (Å²) < 4.78 is 25.7. The van der Waals surface area contributed by atoms with E-state index in [2.05, 4.69) is 5.32 Å². The Hall–Kier alpha value is -1.07. The van der Waals surface area contributed by atoms with Crippen molar-refractivity contribution in [2.24, 2.45) is 5.92 Å². The Morgan fingerprint density at radius 1 is 1.23 bits per heavy atom. The number of carbonyl (C=O) groups is 2. The van der Waals surface area contributed by atoms with Gasteiger partial charge in [-0.2, -0.15) is 0 Å². The number of carbonyl (C=O) groups excluding carboxylic acids is 2. The average Bonchev–Trinajstić information content (AvgIpc) is 2.47. The monoisotopic (exact) mass is 335 g/mol. The first-order valence-corrected chi connectivity index (χ1v) is 9.59. The van der Waals surface area contributed by atoms with E-state index in [0.717, 1.165) is 32.1 Å². The van der Waals surface area contributed by atoms with Crippen LogP contribution in [0.4, 0.5) is 4.79 Å². The summed E-state index contributed by atoms with van der Waals surface area (Å²) in [6.45, 7) is 3.69. The van der Waals surface area contributed by atoms with Crippen LogP contribution in [0.2, 0.25) is 0 Å². The molecule has 0 bridgehead atoms. The maximum absolute atomic E-state index is 11.9. The molecular formula is C14H26NO6P. The zero-order valence-electron chi connectivity index (χ0n) is 13.3. The first-order valence-electron chi connectivity index (χ1n) is 7.77. The molecule has 2 atom stereocenters. The summed E-state index contributed by atoms with van der Waals surface area (Å²) in [4.78, 5) is 23.4. The average molecular weight is 335 g/mol. The van der Waals surface area contributed by atoms with Gasteiger partial charge in [0.1, 0.15) is 0 Å². The number of ether oxygens (including phenoxy) is 2. The Morgan fingerprint density at radius 2 is 1.91 bits per heavy atom. The minimum absolute atomic E-state index is 0.0721. The number of esters is 1. The lowest BCUT2D eigenvalue weighted by Crippen LogP contribution is -2.32. The van der Waals surface area contributed by atoms with Gasteiger partial charge in [-0.1, -0.05) is 19.3 Å². The number of alkyl carbamates (subject to hydrolysis) is 1. The molecule has 1 saturated carbocycles. The minimum atomic E-state index is -1.93. The minimum Gasteiger partial charge on any atom is -0.425 e. The van der Waals surface area contributed by atoms with Crippen LogP contribution >= 0.6 is 8.03 Å². The lowest BCUT2D eigenvalue weighted by molar-refractivity contribution is -0.170. The molecule has 1 aliphatic carbocycles. The van der Waals surface area contributed by atoms with E-state index < -0.39 is 20.4 Å². The SMILES string of the molecule is CC(OC(=O)NCCCO[PH](C)=O)OC(=O)C1CCCCC1. The second-order valence-electron chi connectivity index (χ2n) is 5.37. The summed E-state index contributed by atoms with van der Waals surface area (Å²) in [5.74, 6) is -0.362. The number of amides is 1. The normalized spacial score (nSPS) is 18.3. The maximum Gasteiger partial charge on any atom is 0.410 e. The number of hydrogen-bond acceptors (Lipinski definition) is 6. The molecule has 1 fully saturated rings. The van der Waals surface area contributed by atoms with Crippen molar-refractivity contribution in [3.8, 4) is 0 Å². The lowest BCUT2D eigenvalue weighted by atomic mass is 9.89. The first-order chi connectivity index (χ1) is 10.5. The first kappa shape index (κ1) is 19.0. The molecule has 0 radical (unpaired) electrons. The zero-order chi connectivity index (χ0) is 16.4. The van der Waals surface area contributed by atoms with Crippen molar-refractivity contribution >= 4 is 20.1 Å². The van der Waals surface area contributed by atoms with Gasteiger partial charge in [0.05, 0.1) is 12.5 Å². The molecule has 0 aromatic heterocycles. The van der Waals surface area contributed by atoms with E-state index in [1.807, 2.05) is 0 Å². The Morgan fingerprint density at radius 3 is 2.55 bits per heavy atom. The summed E-state index contributed by atoms with van der Waals surface area (Å²) in [6, 6.07) is 0. The molecular weight excluding hydrogens is 309 g/mol. The fourth-order valence-corrected chi connectivity index (χ4v) is 2.72. The van der Waals surface area contributed by atoms with Crippen LogP contribution < -0.4 is 5.32 Å². The van der Waals surface area contributed by atoms with Crippen molar-refractivity contribution < 1.29 is 28.2 Å². The molecule has 0 aromatic carbocycles. The van der Waals surface area contributed by atoms with Crippen LogP contribution in [-0.4, -0.2) is 38.2 Å². The molecule has 0 spiro atoms. The van der Waals surface area contributed by atoms with Crippen molar-refractivity contribution in [2.45, 2.75) is 51.7 Å². The van der Waals surface area contributed by atoms with E-state index in [1.54, 1.807) is 0 Å². The van der Waals surface area contributed by atoms with Gasteiger partial charge >= 0.3 is 12.1 Å². The molecule has 1 N–H and O–H groups in total. The predicted octanol–water partition coefficient (Wildman–Crippen LogP) is 2.69. The van der Waals surface area contributed by atoms with E-state index in [4.69, 9.17) is 14.0 Å². The molecule has 0 saturated heterocycles. The molecule has 8 heteroatoms. The third kappa shape index (κ3) is 8.39. The molecule has 22 heavy (non-hydrogen) atoms. The van der Waals surface area contributed by atoms with E-state index in [-0.39, 0.29) is 11.9 Å². The summed E-state index contributed by atoms with van der Waals surface area (Å²) in [5.41, 5.74) is 0. The fourth-order valence-electron chi connectivity index (χ4n) is 2.29. The number of hydrogen-bond donors (Lipinski definition) is 1. The maximum atomic E-state index is 11.9. The van der Waals surface area contributed by atoms with Crippen LogP contribution in [-0.2, 0) is 23.4 Å². The van der Waals surface area contributed by atoms with Gasteiger partial charge in [-0.15, -0.1) is 0 Å². The van der Waals surface area contributed by atoms with E-state index in [9.17, 15) is 14.2 Å². The van der Waals surface area contributed by atoms with Crippen molar-refractivity contribution in [3.63, 3.8) is 0 Å². The standard InChI is InChI=1S/C14H26NO6P/c1-11(20-13(16)12-7-4-3-5-8-12)21-14(17)15-9-6-10-19-22(2)18/h11-12,22H,3-10H2,1-2H3,(H,15,17). The van der Waals surface area contributed by atoms with Gasteiger partial charge in [-0.25, -0.2) is 4.79 Å². The molecule has 0 aromatic rings. The predicted molar refractivity (Wildman–Crippen MR) is 82.1 cm³/mol. The van der Waals surface area contributed by atoms with Gasteiger partial charge in [0.15, 0.2) is 8.03 Å². The Labute approximate surface area is 131 Å². The molecule has 1 rings (SSSR count). The summed E-state index contributed by atoms with van der Waals surface area (Å²) >= 11 is 0. The van der Waals surface area contributed by atoms with Crippen molar-refractivity contribution in [2.75, 3.05) is 19.8 Å². The van der Waals surface area contributed by atoms with E-state index >= 15 is 0 Å². The fraction of sp³-hybridized carbons (Fsp3) is 0.857. The van der Waals surface area contributed by atoms with Gasteiger partial charge in [-0.3, -0.25) is 9.36 Å². The highest BCUT2D eigenvalue weighted by molar-refractivity contribution is 7.38. The summed E-state index contributed by atoms with van der Waals surface area (Å²) in [6.07, 6.45) is 3.93. The van der Waals surface area contributed by atoms with Crippen LogP contribution in [0.25, 0.3) is 0 Å². The van der Waals surface area contributed by atoms with Crippen LogP contribution in [0.1, 0.15) is 45.4 Å². The molecule has 1 aliphatic rings. The molecule has 7 nitrogen and oxygen atoms in total. The molecule has 0 aliphatic heterocycles. The lowest BCUT2D eigenvalue weighted by Gasteiger charge is -2.22. The molecule has 0 heterocycles. The smallest absolute Gasteiger partial charge is 0.410 e. The Bertz CT molecular complexity index is 384. The Balaban J connectivity index is 2.12. The largest absolute Gasteiger partial charge is 0.425 e. The van der Waals surface area contributed by atoms with Gasteiger partial charge in [0.2, 0.25) is 6.29 Å². The highest BCUT2D eigenvalue weighted by Crippen LogP contribution is 2.25. The highest BCUT2D eigenvalue weighted by Gasteiger charge is 2.24. The van der Waals surface area contributed by atoms with Crippen LogP contribution in [0.3, 0.4) is 0 Å². The van der Waals surface area contributed by atoms with E-state index in [0.29, 0.717) is 19.6 Å². The van der Waals surface area contributed by atoms with Gasteiger partial charge in [-0.05, 0) is 19.3 Å². The van der Waals surface area contributed by atoms with Crippen molar-refractivity contribution in [1.82, 2.24) is 5.32 Å².